The number of carboxylic acid groups (broad SMARTS) is 1. The molecule has 0 aliphatic carbocycles. The van der Waals surface area contributed by atoms with Crippen LogP contribution in [-0.4, -0.2) is 22.2 Å². The summed E-state index contributed by atoms with van der Waals surface area (Å²) >= 11 is 0. The van der Waals surface area contributed by atoms with Gasteiger partial charge >= 0.3 is 5.97 Å². The van der Waals surface area contributed by atoms with Gasteiger partial charge in [0.1, 0.15) is 0 Å². The van der Waals surface area contributed by atoms with Crippen molar-refractivity contribution in [1.29, 1.82) is 0 Å². The summed E-state index contributed by atoms with van der Waals surface area (Å²) in [5, 5.41) is 10.6. The summed E-state index contributed by atoms with van der Waals surface area (Å²) in [6.07, 6.45) is -0.0463. The fraction of sp³-hybridized carbons (Fsp3) is 0.231. The van der Waals surface area contributed by atoms with E-state index >= 15 is 0 Å². The molecule has 0 atom stereocenters. The largest absolute Gasteiger partial charge is 0.477 e. The summed E-state index contributed by atoms with van der Waals surface area (Å²) in [6, 6.07) is 8.98. The quantitative estimate of drug-likeness (QED) is 0.882. The van der Waals surface area contributed by atoms with Gasteiger partial charge in [0, 0.05) is 5.39 Å². The second-order valence-corrected chi connectivity index (χ2v) is 4.01. The van der Waals surface area contributed by atoms with Gasteiger partial charge in [-0.25, -0.2) is 9.78 Å². The Morgan fingerprint density at radius 2 is 2.06 bits per heavy atom. The molecule has 4 nitrogen and oxygen atoms in total. The third-order valence-electron chi connectivity index (χ3n) is 2.27. The van der Waals surface area contributed by atoms with E-state index in [0.717, 1.165) is 10.8 Å². The van der Waals surface area contributed by atoms with Gasteiger partial charge < -0.3 is 9.84 Å². The van der Waals surface area contributed by atoms with Crippen molar-refractivity contribution in [3.8, 4) is 5.88 Å². The molecular formula is C13H13NO3. The minimum Gasteiger partial charge on any atom is -0.477 e. The molecule has 0 saturated carbocycles. The summed E-state index contributed by atoms with van der Waals surface area (Å²) in [5.41, 5.74) is -0.000602. The van der Waals surface area contributed by atoms with Crippen LogP contribution in [0.3, 0.4) is 0 Å². The van der Waals surface area contributed by atoms with Gasteiger partial charge in [-0.3, -0.25) is 0 Å². The van der Waals surface area contributed by atoms with Crippen LogP contribution in [0.1, 0.15) is 24.3 Å². The Balaban J connectivity index is 2.64. The molecule has 1 aromatic heterocycles. The second-order valence-electron chi connectivity index (χ2n) is 4.01. The van der Waals surface area contributed by atoms with Crippen LogP contribution in [0.2, 0.25) is 0 Å². The van der Waals surface area contributed by atoms with Gasteiger partial charge in [0.25, 0.3) is 0 Å². The first-order valence-electron chi connectivity index (χ1n) is 5.37. The van der Waals surface area contributed by atoms with Gasteiger partial charge in [0.15, 0.2) is 5.69 Å². The number of nitrogens with zero attached hydrogens (tertiary/aromatic N) is 1. The van der Waals surface area contributed by atoms with Crippen molar-refractivity contribution < 1.29 is 14.6 Å². The van der Waals surface area contributed by atoms with Crippen molar-refractivity contribution >= 4 is 16.7 Å². The van der Waals surface area contributed by atoms with E-state index < -0.39 is 5.97 Å². The zero-order valence-corrected chi connectivity index (χ0v) is 9.68. The van der Waals surface area contributed by atoms with Crippen LogP contribution in [0.15, 0.2) is 30.3 Å². The zero-order valence-electron chi connectivity index (χ0n) is 9.68. The third kappa shape index (κ3) is 2.36. The first kappa shape index (κ1) is 11.4. The van der Waals surface area contributed by atoms with Crippen LogP contribution in [0.4, 0.5) is 0 Å². The lowest BCUT2D eigenvalue weighted by molar-refractivity contribution is 0.0689. The van der Waals surface area contributed by atoms with Crippen LogP contribution >= 0.6 is 0 Å². The van der Waals surface area contributed by atoms with E-state index in [1.807, 2.05) is 38.1 Å². The lowest BCUT2D eigenvalue weighted by atomic mass is 10.1. The van der Waals surface area contributed by atoms with Crippen LogP contribution in [0.25, 0.3) is 10.8 Å². The number of hydrogen-bond donors (Lipinski definition) is 1. The Bertz CT molecular complexity index is 564. The van der Waals surface area contributed by atoms with Gasteiger partial charge in [-0.2, -0.15) is 0 Å². The summed E-state index contributed by atoms with van der Waals surface area (Å²) < 4.78 is 5.54. The fourth-order valence-corrected chi connectivity index (χ4v) is 1.59. The summed E-state index contributed by atoms with van der Waals surface area (Å²) in [5.74, 6) is -0.681. The molecule has 17 heavy (non-hydrogen) atoms. The van der Waals surface area contributed by atoms with Crippen LogP contribution in [-0.2, 0) is 0 Å². The van der Waals surface area contributed by atoms with Gasteiger partial charge in [-0.1, -0.05) is 18.2 Å². The molecule has 1 aromatic carbocycles. The van der Waals surface area contributed by atoms with Crippen molar-refractivity contribution in [1.82, 2.24) is 4.98 Å². The number of ether oxygens (including phenoxy) is 1. The number of carbonyl (C=O) groups is 1. The number of aromatic carboxylic acids is 1. The first-order chi connectivity index (χ1) is 8.08. The van der Waals surface area contributed by atoms with E-state index in [2.05, 4.69) is 4.98 Å². The van der Waals surface area contributed by atoms with Gasteiger partial charge in [0.2, 0.25) is 5.88 Å². The van der Waals surface area contributed by atoms with Crippen LogP contribution in [0, 0.1) is 0 Å². The second kappa shape index (κ2) is 4.41. The number of pyridine rings is 1. The summed E-state index contributed by atoms with van der Waals surface area (Å²) in [6.45, 7) is 3.76. The molecule has 0 fully saturated rings. The molecule has 0 spiro atoms. The smallest absolute Gasteiger partial charge is 0.354 e. The van der Waals surface area contributed by atoms with Gasteiger partial charge in [0.05, 0.1) is 6.10 Å². The Morgan fingerprint density at radius 3 is 2.71 bits per heavy atom. The maximum atomic E-state index is 11.0. The van der Waals surface area contributed by atoms with Gasteiger partial charge in [-0.05, 0) is 31.4 Å². The molecule has 88 valence electrons. The molecule has 1 heterocycles. The zero-order chi connectivity index (χ0) is 12.4. The summed E-state index contributed by atoms with van der Waals surface area (Å²) in [7, 11) is 0. The molecule has 4 heteroatoms. The Labute approximate surface area is 98.9 Å². The highest BCUT2D eigenvalue weighted by atomic mass is 16.5. The van der Waals surface area contributed by atoms with Gasteiger partial charge in [-0.15, -0.1) is 0 Å². The molecular weight excluding hydrogens is 218 g/mol. The van der Waals surface area contributed by atoms with E-state index in [-0.39, 0.29) is 11.8 Å². The highest BCUT2D eigenvalue weighted by Crippen LogP contribution is 2.25. The highest BCUT2D eigenvalue weighted by molar-refractivity contribution is 5.94. The maximum absolute atomic E-state index is 11.0. The highest BCUT2D eigenvalue weighted by Gasteiger charge is 2.12. The van der Waals surface area contributed by atoms with E-state index in [1.54, 1.807) is 6.07 Å². The van der Waals surface area contributed by atoms with Crippen molar-refractivity contribution in [2.75, 3.05) is 0 Å². The maximum Gasteiger partial charge on any atom is 0.354 e. The Hall–Kier alpha value is -2.10. The number of hydrogen-bond acceptors (Lipinski definition) is 3. The first-order valence-corrected chi connectivity index (χ1v) is 5.37. The number of fused-ring (bicyclic) bond motifs is 1. The van der Waals surface area contributed by atoms with Crippen LogP contribution in [0.5, 0.6) is 5.88 Å². The molecule has 0 amide bonds. The minimum absolute atomic E-state index is 0.000602. The van der Waals surface area contributed by atoms with E-state index in [0.29, 0.717) is 5.88 Å². The molecule has 0 bridgehead atoms. The SMILES string of the molecule is CC(C)Oc1nc(C(=O)O)cc2ccccc12. The molecule has 0 saturated heterocycles. The number of benzene rings is 1. The van der Waals surface area contributed by atoms with E-state index in [4.69, 9.17) is 9.84 Å². The molecule has 1 N–H and O–H groups in total. The van der Waals surface area contributed by atoms with Crippen molar-refractivity contribution in [2.24, 2.45) is 0 Å². The molecule has 0 unspecified atom stereocenters. The van der Waals surface area contributed by atoms with Crippen molar-refractivity contribution in [2.45, 2.75) is 20.0 Å². The topological polar surface area (TPSA) is 59.4 Å². The number of aromatic nitrogens is 1. The minimum atomic E-state index is -1.05. The number of rotatable bonds is 3. The molecule has 2 rings (SSSR count). The number of carboxylic acids is 1. The average Bonchev–Trinajstić information content (AvgIpc) is 2.28. The van der Waals surface area contributed by atoms with Crippen molar-refractivity contribution in [3.63, 3.8) is 0 Å². The van der Waals surface area contributed by atoms with Crippen molar-refractivity contribution in [3.05, 3.63) is 36.0 Å². The lowest BCUT2D eigenvalue weighted by Gasteiger charge is -2.11. The Morgan fingerprint density at radius 1 is 1.35 bits per heavy atom. The van der Waals surface area contributed by atoms with E-state index in [9.17, 15) is 4.79 Å². The standard InChI is InChI=1S/C13H13NO3/c1-8(2)17-12-10-6-4-3-5-9(10)7-11(14-12)13(15)16/h3-8H,1-2H3,(H,15,16). The predicted molar refractivity (Wildman–Crippen MR) is 64.5 cm³/mol. The van der Waals surface area contributed by atoms with Crippen LogP contribution < -0.4 is 4.74 Å². The van der Waals surface area contributed by atoms with E-state index in [1.165, 1.54) is 0 Å². The summed E-state index contributed by atoms with van der Waals surface area (Å²) in [4.78, 5) is 15.0. The fourth-order valence-electron chi connectivity index (χ4n) is 1.59. The normalized spacial score (nSPS) is 10.8. The lowest BCUT2D eigenvalue weighted by Crippen LogP contribution is -2.09. The predicted octanol–water partition coefficient (Wildman–Crippen LogP) is 2.72. The Kier molecular flexibility index (Phi) is 2.95. The molecule has 0 aliphatic heterocycles. The molecule has 0 aliphatic rings. The molecule has 0 radical (unpaired) electrons. The monoisotopic (exact) mass is 231 g/mol. The average molecular weight is 231 g/mol. The third-order valence-corrected chi connectivity index (χ3v) is 2.27. The molecule has 2 aromatic rings.